The Morgan fingerprint density at radius 1 is 1.50 bits per heavy atom. The van der Waals surface area contributed by atoms with Crippen LogP contribution in [0.1, 0.15) is 26.7 Å². The first kappa shape index (κ1) is 11.5. The number of carboxylic acid groups (broad SMARTS) is 1. The SMILES string of the molecule is CC(C)N(CC(=O)O)C1CCNCC1. The number of nitrogens with one attached hydrogen (secondary N) is 1. The topological polar surface area (TPSA) is 52.6 Å². The molecular weight excluding hydrogens is 180 g/mol. The summed E-state index contributed by atoms with van der Waals surface area (Å²) in [5.74, 6) is -0.725. The maximum Gasteiger partial charge on any atom is 0.317 e. The van der Waals surface area contributed by atoms with Crippen molar-refractivity contribution < 1.29 is 9.90 Å². The van der Waals surface area contributed by atoms with Gasteiger partial charge in [0.2, 0.25) is 0 Å². The van der Waals surface area contributed by atoms with Crippen molar-refractivity contribution in [3.05, 3.63) is 0 Å². The molecule has 1 fully saturated rings. The lowest BCUT2D eigenvalue weighted by Crippen LogP contribution is -2.48. The van der Waals surface area contributed by atoms with Crippen LogP contribution in [0.4, 0.5) is 0 Å². The van der Waals surface area contributed by atoms with E-state index >= 15 is 0 Å². The largest absolute Gasteiger partial charge is 0.480 e. The van der Waals surface area contributed by atoms with E-state index in [9.17, 15) is 4.79 Å². The summed E-state index contributed by atoms with van der Waals surface area (Å²) < 4.78 is 0. The molecule has 14 heavy (non-hydrogen) atoms. The molecule has 1 aliphatic heterocycles. The van der Waals surface area contributed by atoms with Gasteiger partial charge in [-0.05, 0) is 39.8 Å². The molecule has 4 heteroatoms. The minimum Gasteiger partial charge on any atom is -0.480 e. The second kappa shape index (κ2) is 5.32. The Hall–Kier alpha value is -0.610. The van der Waals surface area contributed by atoms with Gasteiger partial charge in [-0.2, -0.15) is 0 Å². The number of carbonyl (C=O) groups is 1. The van der Waals surface area contributed by atoms with E-state index in [4.69, 9.17) is 5.11 Å². The molecule has 0 aliphatic carbocycles. The van der Waals surface area contributed by atoms with Gasteiger partial charge >= 0.3 is 5.97 Å². The van der Waals surface area contributed by atoms with Gasteiger partial charge in [-0.1, -0.05) is 0 Å². The molecule has 1 rings (SSSR count). The molecule has 0 saturated carbocycles. The van der Waals surface area contributed by atoms with E-state index in [1.807, 2.05) is 0 Å². The normalized spacial score (nSPS) is 19.1. The number of aliphatic carboxylic acids is 1. The minimum atomic E-state index is -0.725. The van der Waals surface area contributed by atoms with Crippen LogP contribution in [0.2, 0.25) is 0 Å². The Balaban J connectivity index is 2.51. The highest BCUT2D eigenvalue weighted by Gasteiger charge is 2.24. The zero-order valence-electron chi connectivity index (χ0n) is 8.99. The average Bonchev–Trinajstić information content (AvgIpc) is 2.15. The van der Waals surface area contributed by atoms with Crippen molar-refractivity contribution in [1.82, 2.24) is 10.2 Å². The first-order chi connectivity index (χ1) is 6.61. The molecule has 0 aromatic heterocycles. The van der Waals surface area contributed by atoms with Gasteiger partial charge in [0.15, 0.2) is 0 Å². The first-order valence-corrected chi connectivity index (χ1v) is 5.29. The van der Waals surface area contributed by atoms with Crippen LogP contribution in [0.25, 0.3) is 0 Å². The number of hydrogen-bond acceptors (Lipinski definition) is 3. The Bertz CT molecular complexity index is 189. The minimum absolute atomic E-state index is 0.169. The standard InChI is InChI=1S/C10H20N2O2/c1-8(2)12(7-10(13)14)9-3-5-11-6-4-9/h8-9,11H,3-7H2,1-2H3,(H,13,14). The lowest BCUT2D eigenvalue weighted by atomic mass is 10.0. The lowest BCUT2D eigenvalue weighted by Gasteiger charge is -2.36. The predicted octanol–water partition coefficient (Wildman–Crippen LogP) is 0.533. The molecule has 0 aromatic carbocycles. The van der Waals surface area contributed by atoms with E-state index in [-0.39, 0.29) is 6.54 Å². The number of rotatable bonds is 4. The summed E-state index contributed by atoms with van der Waals surface area (Å²) in [7, 11) is 0. The van der Waals surface area contributed by atoms with Crippen molar-refractivity contribution in [3.63, 3.8) is 0 Å². The van der Waals surface area contributed by atoms with Crippen molar-refractivity contribution in [2.45, 2.75) is 38.8 Å². The van der Waals surface area contributed by atoms with Crippen LogP contribution in [-0.4, -0.2) is 47.7 Å². The smallest absolute Gasteiger partial charge is 0.317 e. The molecule has 1 saturated heterocycles. The van der Waals surface area contributed by atoms with Gasteiger partial charge in [-0.3, -0.25) is 9.69 Å². The highest BCUT2D eigenvalue weighted by molar-refractivity contribution is 5.69. The Morgan fingerprint density at radius 2 is 2.07 bits per heavy atom. The van der Waals surface area contributed by atoms with Crippen molar-refractivity contribution in [3.8, 4) is 0 Å². The van der Waals surface area contributed by atoms with Crippen molar-refractivity contribution in [1.29, 1.82) is 0 Å². The number of carboxylic acids is 1. The number of nitrogens with zero attached hydrogens (tertiary/aromatic N) is 1. The van der Waals surface area contributed by atoms with Gasteiger partial charge in [-0.15, -0.1) is 0 Å². The van der Waals surface area contributed by atoms with Crippen LogP contribution in [0.3, 0.4) is 0 Å². The van der Waals surface area contributed by atoms with Gasteiger partial charge in [0, 0.05) is 12.1 Å². The summed E-state index contributed by atoms with van der Waals surface area (Å²) in [6.07, 6.45) is 2.12. The van der Waals surface area contributed by atoms with Crippen LogP contribution in [-0.2, 0) is 4.79 Å². The first-order valence-electron chi connectivity index (χ1n) is 5.29. The van der Waals surface area contributed by atoms with Gasteiger partial charge in [0.05, 0.1) is 6.54 Å². The van der Waals surface area contributed by atoms with Crippen LogP contribution >= 0.6 is 0 Å². The quantitative estimate of drug-likeness (QED) is 0.695. The Labute approximate surface area is 85.3 Å². The molecule has 82 valence electrons. The van der Waals surface area contributed by atoms with Crippen LogP contribution in [0.15, 0.2) is 0 Å². The predicted molar refractivity (Wildman–Crippen MR) is 55.4 cm³/mol. The molecule has 0 atom stereocenters. The summed E-state index contributed by atoms with van der Waals surface area (Å²) in [6.45, 7) is 6.30. The molecule has 1 aliphatic rings. The van der Waals surface area contributed by atoms with Gasteiger partial charge < -0.3 is 10.4 Å². The molecule has 1 heterocycles. The van der Waals surface area contributed by atoms with Crippen molar-refractivity contribution >= 4 is 5.97 Å². The molecule has 0 bridgehead atoms. The zero-order valence-corrected chi connectivity index (χ0v) is 8.99. The fraction of sp³-hybridized carbons (Fsp3) is 0.900. The summed E-state index contributed by atoms with van der Waals surface area (Å²) in [4.78, 5) is 12.8. The van der Waals surface area contributed by atoms with E-state index in [0.29, 0.717) is 12.1 Å². The Morgan fingerprint density at radius 3 is 2.50 bits per heavy atom. The average molecular weight is 200 g/mol. The summed E-state index contributed by atoms with van der Waals surface area (Å²) in [5.41, 5.74) is 0. The maximum atomic E-state index is 10.7. The zero-order chi connectivity index (χ0) is 10.6. The number of hydrogen-bond donors (Lipinski definition) is 2. The molecule has 0 radical (unpaired) electrons. The van der Waals surface area contributed by atoms with E-state index in [2.05, 4.69) is 24.1 Å². The maximum absolute atomic E-state index is 10.7. The summed E-state index contributed by atoms with van der Waals surface area (Å²) >= 11 is 0. The lowest BCUT2D eigenvalue weighted by molar-refractivity contribution is -0.139. The van der Waals surface area contributed by atoms with Gasteiger partial charge in [0.1, 0.15) is 0 Å². The molecule has 2 N–H and O–H groups in total. The molecular formula is C10H20N2O2. The van der Waals surface area contributed by atoms with E-state index in [1.165, 1.54) is 0 Å². The molecule has 0 spiro atoms. The van der Waals surface area contributed by atoms with E-state index in [1.54, 1.807) is 0 Å². The summed E-state index contributed by atoms with van der Waals surface area (Å²) in [5, 5.41) is 12.1. The highest BCUT2D eigenvalue weighted by atomic mass is 16.4. The van der Waals surface area contributed by atoms with Crippen molar-refractivity contribution in [2.75, 3.05) is 19.6 Å². The summed E-state index contributed by atoms with van der Waals surface area (Å²) in [6, 6.07) is 0.751. The fourth-order valence-corrected chi connectivity index (χ4v) is 2.03. The van der Waals surface area contributed by atoms with Gasteiger partial charge in [-0.25, -0.2) is 0 Å². The Kier molecular flexibility index (Phi) is 4.35. The van der Waals surface area contributed by atoms with Gasteiger partial charge in [0.25, 0.3) is 0 Å². The highest BCUT2D eigenvalue weighted by Crippen LogP contribution is 2.14. The monoisotopic (exact) mass is 200 g/mol. The van der Waals surface area contributed by atoms with Crippen LogP contribution in [0.5, 0.6) is 0 Å². The fourth-order valence-electron chi connectivity index (χ4n) is 2.03. The third kappa shape index (κ3) is 3.27. The van der Waals surface area contributed by atoms with Crippen LogP contribution in [0, 0.1) is 0 Å². The number of piperidine rings is 1. The third-order valence-electron chi connectivity index (χ3n) is 2.76. The molecule has 0 amide bonds. The van der Waals surface area contributed by atoms with Crippen molar-refractivity contribution in [2.24, 2.45) is 0 Å². The molecule has 4 nitrogen and oxygen atoms in total. The van der Waals surface area contributed by atoms with E-state index in [0.717, 1.165) is 25.9 Å². The third-order valence-corrected chi connectivity index (χ3v) is 2.76. The second-order valence-corrected chi connectivity index (χ2v) is 4.14. The molecule has 0 aromatic rings. The molecule has 0 unspecified atom stereocenters. The van der Waals surface area contributed by atoms with Crippen LogP contribution < -0.4 is 5.32 Å². The second-order valence-electron chi connectivity index (χ2n) is 4.14. The van der Waals surface area contributed by atoms with E-state index < -0.39 is 5.97 Å².